The lowest BCUT2D eigenvalue weighted by atomic mass is 9.97. The first-order chi connectivity index (χ1) is 8.70. The van der Waals surface area contributed by atoms with E-state index in [4.69, 9.17) is 11.6 Å². The quantitative estimate of drug-likeness (QED) is 0.746. The number of carbonyl (C=O) groups excluding carboxylic acids is 1. The highest BCUT2D eigenvalue weighted by atomic mass is 35.5. The van der Waals surface area contributed by atoms with Gasteiger partial charge in [0, 0.05) is 17.0 Å². The minimum atomic E-state index is 0.162. The SMILES string of the molecule is CCc1ccccc1C(=O)Cc1ccc(Cl)cc1. The minimum absolute atomic E-state index is 0.162. The van der Waals surface area contributed by atoms with E-state index in [1.54, 1.807) is 0 Å². The van der Waals surface area contributed by atoms with E-state index in [9.17, 15) is 4.79 Å². The summed E-state index contributed by atoms with van der Waals surface area (Å²) in [5.74, 6) is 0.162. The van der Waals surface area contributed by atoms with Gasteiger partial charge in [0.15, 0.2) is 5.78 Å². The van der Waals surface area contributed by atoms with Gasteiger partial charge in [-0.25, -0.2) is 0 Å². The second-order valence-electron chi connectivity index (χ2n) is 4.24. The third-order valence-corrected chi connectivity index (χ3v) is 3.23. The van der Waals surface area contributed by atoms with Crippen molar-refractivity contribution in [3.05, 3.63) is 70.2 Å². The van der Waals surface area contributed by atoms with Gasteiger partial charge in [-0.3, -0.25) is 4.79 Å². The molecule has 0 aliphatic carbocycles. The summed E-state index contributed by atoms with van der Waals surface area (Å²) in [6.45, 7) is 2.06. The zero-order valence-corrected chi connectivity index (χ0v) is 11.1. The fraction of sp³-hybridized carbons (Fsp3) is 0.188. The molecule has 0 fully saturated rings. The Morgan fingerprint density at radius 1 is 1.06 bits per heavy atom. The molecule has 2 aromatic carbocycles. The van der Waals surface area contributed by atoms with Crippen LogP contribution in [-0.4, -0.2) is 5.78 Å². The van der Waals surface area contributed by atoms with Gasteiger partial charge in [-0.15, -0.1) is 0 Å². The van der Waals surface area contributed by atoms with E-state index in [0.717, 1.165) is 23.1 Å². The number of hydrogen-bond acceptors (Lipinski definition) is 1. The van der Waals surface area contributed by atoms with E-state index in [2.05, 4.69) is 6.92 Å². The van der Waals surface area contributed by atoms with Crippen LogP contribution in [0.4, 0.5) is 0 Å². The summed E-state index contributed by atoms with van der Waals surface area (Å²) in [6, 6.07) is 15.2. The third-order valence-electron chi connectivity index (χ3n) is 2.98. The number of ketones is 1. The number of halogens is 1. The molecule has 0 N–H and O–H groups in total. The monoisotopic (exact) mass is 258 g/mol. The van der Waals surface area contributed by atoms with Crippen LogP contribution in [0.1, 0.15) is 28.4 Å². The summed E-state index contributed by atoms with van der Waals surface area (Å²) in [5, 5.41) is 0.695. The largest absolute Gasteiger partial charge is 0.294 e. The van der Waals surface area contributed by atoms with Crippen LogP contribution in [0.5, 0.6) is 0 Å². The topological polar surface area (TPSA) is 17.1 Å². The van der Waals surface area contributed by atoms with E-state index >= 15 is 0 Å². The molecule has 0 bridgehead atoms. The molecule has 0 amide bonds. The van der Waals surface area contributed by atoms with Crippen molar-refractivity contribution in [2.75, 3.05) is 0 Å². The zero-order valence-electron chi connectivity index (χ0n) is 10.3. The Balaban J connectivity index is 2.19. The lowest BCUT2D eigenvalue weighted by Gasteiger charge is -2.06. The molecule has 2 aromatic rings. The van der Waals surface area contributed by atoms with E-state index in [1.165, 1.54) is 0 Å². The van der Waals surface area contributed by atoms with Crippen molar-refractivity contribution >= 4 is 17.4 Å². The number of benzene rings is 2. The summed E-state index contributed by atoms with van der Waals surface area (Å²) in [5.41, 5.74) is 2.93. The Labute approximate surface area is 112 Å². The Kier molecular flexibility index (Phi) is 4.16. The first-order valence-electron chi connectivity index (χ1n) is 6.06. The van der Waals surface area contributed by atoms with Gasteiger partial charge < -0.3 is 0 Å². The van der Waals surface area contributed by atoms with Crippen LogP contribution < -0.4 is 0 Å². The van der Waals surface area contributed by atoms with Crippen molar-refractivity contribution < 1.29 is 4.79 Å². The minimum Gasteiger partial charge on any atom is -0.294 e. The molecule has 0 saturated heterocycles. The fourth-order valence-electron chi connectivity index (χ4n) is 1.98. The van der Waals surface area contributed by atoms with Crippen LogP contribution in [0.25, 0.3) is 0 Å². The number of Topliss-reactive ketones (excluding diaryl/α,β-unsaturated/α-hetero) is 1. The second-order valence-corrected chi connectivity index (χ2v) is 4.67. The van der Waals surface area contributed by atoms with Gasteiger partial charge in [0.05, 0.1) is 0 Å². The molecule has 1 nitrogen and oxygen atoms in total. The number of rotatable bonds is 4. The van der Waals surface area contributed by atoms with Crippen LogP contribution in [0.3, 0.4) is 0 Å². The highest BCUT2D eigenvalue weighted by molar-refractivity contribution is 6.30. The molecular formula is C16H15ClO. The molecule has 2 heteroatoms. The van der Waals surface area contributed by atoms with Gasteiger partial charge in [-0.2, -0.15) is 0 Å². The standard InChI is InChI=1S/C16H15ClO/c1-2-13-5-3-4-6-15(13)16(18)11-12-7-9-14(17)10-8-12/h3-10H,2,11H2,1H3. The first-order valence-corrected chi connectivity index (χ1v) is 6.44. The highest BCUT2D eigenvalue weighted by Crippen LogP contribution is 2.15. The molecule has 0 unspecified atom stereocenters. The Morgan fingerprint density at radius 3 is 2.39 bits per heavy atom. The molecule has 0 atom stereocenters. The molecule has 0 aliphatic rings. The summed E-state index contributed by atoms with van der Waals surface area (Å²) in [4.78, 5) is 12.2. The molecule has 2 rings (SSSR count). The van der Waals surface area contributed by atoms with Gasteiger partial charge in [-0.05, 0) is 29.7 Å². The van der Waals surface area contributed by atoms with Crippen molar-refractivity contribution in [2.45, 2.75) is 19.8 Å². The molecular weight excluding hydrogens is 244 g/mol. The van der Waals surface area contributed by atoms with E-state index in [1.807, 2.05) is 48.5 Å². The van der Waals surface area contributed by atoms with Gasteiger partial charge >= 0.3 is 0 Å². The van der Waals surface area contributed by atoms with E-state index in [-0.39, 0.29) is 5.78 Å². The first kappa shape index (κ1) is 12.8. The van der Waals surface area contributed by atoms with Crippen LogP contribution in [0.15, 0.2) is 48.5 Å². The lowest BCUT2D eigenvalue weighted by Crippen LogP contribution is -2.06. The zero-order chi connectivity index (χ0) is 13.0. The van der Waals surface area contributed by atoms with Crippen LogP contribution >= 0.6 is 11.6 Å². The normalized spacial score (nSPS) is 10.3. The average molecular weight is 259 g/mol. The Morgan fingerprint density at radius 2 is 1.72 bits per heavy atom. The molecule has 0 spiro atoms. The maximum Gasteiger partial charge on any atom is 0.167 e. The molecule has 18 heavy (non-hydrogen) atoms. The van der Waals surface area contributed by atoms with Crippen molar-refractivity contribution in [1.82, 2.24) is 0 Å². The highest BCUT2D eigenvalue weighted by Gasteiger charge is 2.10. The van der Waals surface area contributed by atoms with Gasteiger partial charge in [0.2, 0.25) is 0 Å². The maximum atomic E-state index is 12.2. The fourth-order valence-corrected chi connectivity index (χ4v) is 2.11. The number of hydrogen-bond donors (Lipinski definition) is 0. The molecule has 0 aliphatic heterocycles. The van der Waals surface area contributed by atoms with Crippen LogP contribution in [0.2, 0.25) is 5.02 Å². The van der Waals surface area contributed by atoms with Gasteiger partial charge in [-0.1, -0.05) is 54.9 Å². The predicted molar refractivity (Wildman–Crippen MR) is 75.3 cm³/mol. The molecule has 0 radical (unpaired) electrons. The van der Waals surface area contributed by atoms with Gasteiger partial charge in [0.25, 0.3) is 0 Å². The smallest absolute Gasteiger partial charge is 0.167 e. The van der Waals surface area contributed by atoms with E-state index < -0.39 is 0 Å². The number of aryl methyl sites for hydroxylation is 1. The van der Waals surface area contributed by atoms with Crippen LogP contribution in [-0.2, 0) is 12.8 Å². The maximum absolute atomic E-state index is 12.2. The molecule has 92 valence electrons. The predicted octanol–water partition coefficient (Wildman–Crippen LogP) is 4.33. The molecule has 0 heterocycles. The van der Waals surface area contributed by atoms with Gasteiger partial charge in [0.1, 0.15) is 0 Å². The number of carbonyl (C=O) groups is 1. The Bertz CT molecular complexity index is 543. The second kappa shape index (κ2) is 5.83. The molecule has 0 aromatic heterocycles. The molecule has 0 saturated carbocycles. The third kappa shape index (κ3) is 2.99. The lowest BCUT2D eigenvalue weighted by molar-refractivity contribution is 0.0992. The average Bonchev–Trinajstić information content (AvgIpc) is 2.41. The van der Waals surface area contributed by atoms with Crippen molar-refractivity contribution in [3.63, 3.8) is 0 Å². The van der Waals surface area contributed by atoms with Crippen LogP contribution in [0, 0.1) is 0 Å². The van der Waals surface area contributed by atoms with Crippen molar-refractivity contribution in [3.8, 4) is 0 Å². The summed E-state index contributed by atoms with van der Waals surface area (Å²) >= 11 is 5.83. The Hall–Kier alpha value is -1.60. The van der Waals surface area contributed by atoms with E-state index in [0.29, 0.717) is 11.4 Å². The van der Waals surface area contributed by atoms with Crippen molar-refractivity contribution in [1.29, 1.82) is 0 Å². The summed E-state index contributed by atoms with van der Waals surface area (Å²) < 4.78 is 0. The van der Waals surface area contributed by atoms with Crippen molar-refractivity contribution in [2.24, 2.45) is 0 Å². The summed E-state index contributed by atoms with van der Waals surface area (Å²) in [6.07, 6.45) is 1.30. The summed E-state index contributed by atoms with van der Waals surface area (Å²) in [7, 11) is 0.